The van der Waals surface area contributed by atoms with Gasteiger partial charge in [-0.25, -0.2) is 4.79 Å². The van der Waals surface area contributed by atoms with Gasteiger partial charge in [0.2, 0.25) is 0 Å². The second-order valence-electron chi connectivity index (χ2n) is 4.18. The largest absolute Gasteiger partial charge is 0.479 e. The van der Waals surface area contributed by atoms with E-state index < -0.39 is 11.6 Å². The first-order chi connectivity index (χ1) is 5.15. The van der Waals surface area contributed by atoms with E-state index >= 15 is 0 Å². The summed E-state index contributed by atoms with van der Waals surface area (Å²) in [5.74, 6) is -1.21. The maximum atomic E-state index is 10.4. The topological polar surface area (TPSA) is 69.6 Å². The highest BCUT2D eigenvalue weighted by molar-refractivity contribution is 5.76. The predicted molar refractivity (Wildman–Crippen MR) is 46.0 cm³/mol. The molecule has 1 atom stereocenters. The summed E-state index contributed by atoms with van der Waals surface area (Å²) in [5.41, 5.74) is -1.87. The summed E-state index contributed by atoms with van der Waals surface area (Å²) in [7, 11) is 0. The molecule has 0 rings (SSSR count). The van der Waals surface area contributed by atoms with Crippen molar-refractivity contribution in [2.45, 2.75) is 38.8 Å². The van der Waals surface area contributed by atoms with Crippen molar-refractivity contribution in [2.24, 2.45) is 0 Å². The number of carboxylic acid groups (broad SMARTS) is 1. The minimum atomic E-state index is -1.69. The van der Waals surface area contributed by atoms with Gasteiger partial charge in [-0.1, -0.05) is 0 Å². The fraction of sp³-hybridized carbons (Fsp3) is 0.875. The first-order valence-electron chi connectivity index (χ1n) is 3.86. The highest BCUT2D eigenvalue weighted by Gasteiger charge is 2.30. The van der Waals surface area contributed by atoms with Gasteiger partial charge in [0.1, 0.15) is 0 Å². The van der Waals surface area contributed by atoms with Gasteiger partial charge in [0.05, 0.1) is 0 Å². The summed E-state index contributed by atoms with van der Waals surface area (Å²) in [6.07, 6.45) is 0. The molecule has 72 valence electrons. The Labute approximate surface area is 72.6 Å². The van der Waals surface area contributed by atoms with Gasteiger partial charge in [0.15, 0.2) is 5.60 Å². The van der Waals surface area contributed by atoms with E-state index in [1.807, 2.05) is 20.8 Å². The van der Waals surface area contributed by atoms with Crippen LogP contribution in [0.15, 0.2) is 0 Å². The number of carboxylic acids is 1. The zero-order valence-corrected chi connectivity index (χ0v) is 8.01. The van der Waals surface area contributed by atoms with E-state index in [2.05, 4.69) is 5.32 Å². The monoisotopic (exact) mass is 175 g/mol. The molecule has 0 amide bonds. The molecule has 0 aromatic heterocycles. The third kappa shape index (κ3) is 4.31. The van der Waals surface area contributed by atoms with Crippen molar-refractivity contribution < 1.29 is 15.0 Å². The maximum Gasteiger partial charge on any atom is 0.336 e. The summed E-state index contributed by atoms with van der Waals surface area (Å²) in [6.45, 7) is 7.04. The molecule has 12 heavy (non-hydrogen) atoms. The molecular formula is C8H17NO3. The van der Waals surface area contributed by atoms with Crippen molar-refractivity contribution in [1.82, 2.24) is 5.32 Å². The predicted octanol–water partition coefficient (Wildman–Crippen LogP) is 0.210. The Bertz CT molecular complexity index is 170. The van der Waals surface area contributed by atoms with Crippen LogP contribution in [0.3, 0.4) is 0 Å². The number of rotatable bonds is 3. The molecule has 0 aromatic carbocycles. The number of hydrogen-bond donors (Lipinski definition) is 3. The summed E-state index contributed by atoms with van der Waals surface area (Å²) in [5, 5.41) is 20.8. The molecule has 1 unspecified atom stereocenters. The zero-order chi connectivity index (χ0) is 9.99. The first kappa shape index (κ1) is 11.4. The first-order valence-corrected chi connectivity index (χ1v) is 3.86. The Morgan fingerprint density at radius 3 is 2.00 bits per heavy atom. The molecule has 0 radical (unpaired) electrons. The van der Waals surface area contributed by atoms with E-state index in [9.17, 15) is 9.90 Å². The SMILES string of the molecule is CC(C)(C)NCC(C)(O)C(=O)O. The lowest BCUT2D eigenvalue weighted by atomic mass is 10.0. The van der Waals surface area contributed by atoms with Crippen molar-refractivity contribution in [2.75, 3.05) is 6.54 Å². The summed E-state index contributed by atoms with van der Waals surface area (Å²) in [6, 6.07) is 0. The summed E-state index contributed by atoms with van der Waals surface area (Å²) in [4.78, 5) is 10.4. The van der Waals surface area contributed by atoms with Crippen molar-refractivity contribution in [1.29, 1.82) is 0 Å². The quantitative estimate of drug-likeness (QED) is 0.573. The zero-order valence-electron chi connectivity index (χ0n) is 8.01. The summed E-state index contributed by atoms with van der Waals surface area (Å²) < 4.78 is 0. The lowest BCUT2D eigenvalue weighted by molar-refractivity contribution is -0.156. The van der Waals surface area contributed by atoms with Crippen molar-refractivity contribution in [3.63, 3.8) is 0 Å². The molecule has 0 heterocycles. The van der Waals surface area contributed by atoms with Crippen LogP contribution in [0.5, 0.6) is 0 Å². The molecule has 4 nitrogen and oxygen atoms in total. The van der Waals surface area contributed by atoms with Gasteiger partial charge in [-0.05, 0) is 27.7 Å². The second kappa shape index (κ2) is 3.41. The molecule has 0 aromatic rings. The van der Waals surface area contributed by atoms with Crippen LogP contribution in [-0.2, 0) is 4.79 Å². The van der Waals surface area contributed by atoms with E-state index in [4.69, 9.17) is 5.11 Å². The fourth-order valence-corrected chi connectivity index (χ4v) is 0.513. The number of aliphatic hydroxyl groups is 1. The molecule has 0 saturated heterocycles. The Morgan fingerprint density at radius 1 is 1.33 bits per heavy atom. The second-order valence-corrected chi connectivity index (χ2v) is 4.18. The van der Waals surface area contributed by atoms with Gasteiger partial charge in [0, 0.05) is 12.1 Å². The molecule has 0 aliphatic rings. The maximum absolute atomic E-state index is 10.4. The number of carbonyl (C=O) groups is 1. The third-order valence-electron chi connectivity index (χ3n) is 1.42. The molecule has 0 saturated carbocycles. The average Bonchev–Trinajstić information content (AvgIpc) is 1.82. The third-order valence-corrected chi connectivity index (χ3v) is 1.42. The van der Waals surface area contributed by atoms with Crippen LogP contribution in [0.25, 0.3) is 0 Å². The van der Waals surface area contributed by atoms with Crippen LogP contribution in [0, 0.1) is 0 Å². The Hall–Kier alpha value is -0.610. The average molecular weight is 175 g/mol. The lowest BCUT2D eigenvalue weighted by Gasteiger charge is -2.26. The van der Waals surface area contributed by atoms with Crippen LogP contribution in [0.2, 0.25) is 0 Å². The number of aliphatic carboxylic acids is 1. The molecule has 0 bridgehead atoms. The van der Waals surface area contributed by atoms with Crippen LogP contribution >= 0.6 is 0 Å². The molecule has 3 N–H and O–H groups in total. The van der Waals surface area contributed by atoms with Gasteiger partial charge in [0.25, 0.3) is 0 Å². The molecule has 4 heteroatoms. The highest BCUT2D eigenvalue weighted by atomic mass is 16.4. The molecule has 0 aliphatic carbocycles. The fourth-order valence-electron chi connectivity index (χ4n) is 0.513. The van der Waals surface area contributed by atoms with Crippen LogP contribution in [-0.4, -0.2) is 33.9 Å². The van der Waals surface area contributed by atoms with Crippen molar-refractivity contribution in [3.8, 4) is 0 Å². The number of β-amino-alcohol motifs (C(OH)–C–C–N with tert-alkyl or cyclic N) is 1. The van der Waals surface area contributed by atoms with Crippen LogP contribution in [0.4, 0.5) is 0 Å². The van der Waals surface area contributed by atoms with Crippen LogP contribution in [0.1, 0.15) is 27.7 Å². The van der Waals surface area contributed by atoms with Gasteiger partial charge >= 0.3 is 5.97 Å². The lowest BCUT2D eigenvalue weighted by Crippen LogP contribution is -2.50. The standard InChI is InChI=1S/C8H17NO3/c1-7(2,3)9-5-8(4,12)6(10)11/h9,12H,5H2,1-4H3,(H,10,11). The van der Waals surface area contributed by atoms with Gasteiger partial charge in [-0.15, -0.1) is 0 Å². The Balaban J connectivity index is 4.01. The van der Waals surface area contributed by atoms with E-state index in [0.29, 0.717) is 0 Å². The molecular weight excluding hydrogens is 158 g/mol. The molecule has 0 aliphatic heterocycles. The van der Waals surface area contributed by atoms with E-state index in [0.717, 1.165) is 0 Å². The molecule has 0 spiro atoms. The van der Waals surface area contributed by atoms with Gasteiger partial charge in [-0.2, -0.15) is 0 Å². The smallest absolute Gasteiger partial charge is 0.336 e. The van der Waals surface area contributed by atoms with Gasteiger partial charge < -0.3 is 15.5 Å². The minimum Gasteiger partial charge on any atom is -0.479 e. The van der Waals surface area contributed by atoms with Crippen molar-refractivity contribution in [3.05, 3.63) is 0 Å². The summed E-state index contributed by atoms with van der Waals surface area (Å²) >= 11 is 0. The van der Waals surface area contributed by atoms with Crippen molar-refractivity contribution >= 4 is 5.97 Å². The highest BCUT2D eigenvalue weighted by Crippen LogP contribution is 2.05. The molecule has 0 fully saturated rings. The number of nitrogens with one attached hydrogen (secondary N) is 1. The normalized spacial score (nSPS) is 17.1. The Kier molecular flexibility index (Phi) is 3.24. The van der Waals surface area contributed by atoms with E-state index in [1.54, 1.807) is 0 Å². The van der Waals surface area contributed by atoms with Gasteiger partial charge in [-0.3, -0.25) is 0 Å². The van der Waals surface area contributed by atoms with E-state index in [1.165, 1.54) is 6.92 Å². The number of hydrogen-bond acceptors (Lipinski definition) is 3. The van der Waals surface area contributed by atoms with Crippen LogP contribution < -0.4 is 5.32 Å². The Morgan fingerprint density at radius 2 is 1.75 bits per heavy atom. The minimum absolute atomic E-state index is 0.0475. The van der Waals surface area contributed by atoms with E-state index in [-0.39, 0.29) is 12.1 Å².